The molecule has 13 heavy (non-hydrogen) atoms. The third kappa shape index (κ3) is 1.54. The van der Waals surface area contributed by atoms with Gasteiger partial charge in [0.1, 0.15) is 5.75 Å². The highest BCUT2D eigenvalue weighted by molar-refractivity contribution is 5.40. The van der Waals surface area contributed by atoms with Gasteiger partial charge in [-0.1, -0.05) is 12.1 Å². The van der Waals surface area contributed by atoms with E-state index in [1.54, 1.807) is 6.07 Å². The van der Waals surface area contributed by atoms with Crippen molar-refractivity contribution in [3.8, 4) is 5.75 Å². The number of phenols is 1. The van der Waals surface area contributed by atoms with Crippen molar-refractivity contribution in [3.05, 3.63) is 29.3 Å². The number of hydrogen-bond acceptors (Lipinski definition) is 2. The summed E-state index contributed by atoms with van der Waals surface area (Å²) in [6.45, 7) is 1.92. The topological polar surface area (TPSA) is 46.2 Å². The van der Waals surface area contributed by atoms with Crippen LogP contribution in [0.3, 0.4) is 0 Å². The van der Waals surface area contributed by atoms with Gasteiger partial charge in [0.2, 0.25) is 0 Å². The second kappa shape index (κ2) is 3.04. The molecule has 2 nitrogen and oxygen atoms in total. The second-order valence-corrected chi connectivity index (χ2v) is 3.85. The number of phenolic OH excluding ortho intramolecular Hbond substituents is 1. The van der Waals surface area contributed by atoms with Gasteiger partial charge in [0.05, 0.1) is 0 Å². The Balaban J connectivity index is 2.32. The molecule has 1 saturated carbocycles. The fraction of sp³-hybridized carbons (Fsp3) is 0.455. The summed E-state index contributed by atoms with van der Waals surface area (Å²) in [6, 6.07) is 5.70. The van der Waals surface area contributed by atoms with Crippen LogP contribution in [0.5, 0.6) is 5.75 Å². The lowest BCUT2D eigenvalue weighted by atomic mass is 9.98. The fourth-order valence-corrected chi connectivity index (χ4v) is 1.71. The van der Waals surface area contributed by atoms with Crippen LogP contribution in [0.15, 0.2) is 18.2 Å². The summed E-state index contributed by atoms with van der Waals surface area (Å²) >= 11 is 0. The summed E-state index contributed by atoms with van der Waals surface area (Å²) in [4.78, 5) is 0. The maximum absolute atomic E-state index is 9.50. The predicted octanol–water partition coefficient (Wildman–Crippen LogP) is 2.11. The van der Waals surface area contributed by atoms with Gasteiger partial charge in [0, 0.05) is 6.04 Å². The van der Waals surface area contributed by atoms with Crippen molar-refractivity contribution >= 4 is 0 Å². The molecule has 2 heteroatoms. The van der Waals surface area contributed by atoms with Gasteiger partial charge in [-0.15, -0.1) is 0 Å². The van der Waals surface area contributed by atoms with Crippen LogP contribution >= 0.6 is 0 Å². The quantitative estimate of drug-likeness (QED) is 0.726. The maximum Gasteiger partial charge on any atom is 0.118 e. The molecule has 1 aromatic carbocycles. The van der Waals surface area contributed by atoms with Gasteiger partial charge < -0.3 is 10.8 Å². The first-order chi connectivity index (χ1) is 6.20. The Hall–Kier alpha value is -1.02. The van der Waals surface area contributed by atoms with Gasteiger partial charge in [-0.25, -0.2) is 0 Å². The van der Waals surface area contributed by atoms with Gasteiger partial charge in [-0.05, 0) is 42.9 Å². The molecule has 1 aromatic rings. The molecule has 0 saturated heterocycles. The van der Waals surface area contributed by atoms with E-state index >= 15 is 0 Å². The normalized spacial score (nSPS) is 18.6. The summed E-state index contributed by atoms with van der Waals surface area (Å²) in [7, 11) is 0. The molecule has 1 aliphatic carbocycles. The van der Waals surface area contributed by atoms with Gasteiger partial charge >= 0.3 is 0 Å². The molecule has 70 valence electrons. The Morgan fingerprint density at radius 3 is 2.77 bits per heavy atom. The van der Waals surface area contributed by atoms with Crippen molar-refractivity contribution < 1.29 is 5.11 Å². The van der Waals surface area contributed by atoms with E-state index in [0.717, 1.165) is 11.1 Å². The lowest BCUT2D eigenvalue weighted by Crippen LogP contribution is -2.13. The van der Waals surface area contributed by atoms with E-state index in [-0.39, 0.29) is 6.04 Å². The minimum Gasteiger partial charge on any atom is -0.508 e. The largest absolute Gasteiger partial charge is 0.508 e. The summed E-state index contributed by atoms with van der Waals surface area (Å²) in [5, 5.41) is 9.50. The lowest BCUT2D eigenvalue weighted by Gasteiger charge is -2.14. The van der Waals surface area contributed by atoms with E-state index < -0.39 is 0 Å². The third-order valence-electron chi connectivity index (χ3n) is 2.84. The maximum atomic E-state index is 9.50. The molecular formula is C11H15NO. The molecule has 0 aromatic heterocycles. The average molecular weight is 177 g/mol. The summed E-state index contributed by atoms with van der Waals surface area (Å²) < 4.78 is 0. The molecule has 1 atom stereocenters. The van der Waals surface area contributed by atoms with E-state index in [2.05, 4.69) is 0 Å². The van der Waals surface area contributed by atoms with Crippen molar-refractivity contribution in [2.45, 2.75) is 25.8 Å². The van der Waals surface area contributed by atoms with Crippen molar-refractivity contribution in [1.82, 2.24) is 0 Å². The number of hydrogen-bond donors (Lipinski definition) is 2. The van der Waals surface area contributed by atoms with E-state index in [0.29, 0.717) is 11.7 Å². The van der Waals surface area contributed by atoms with Crippen LogP contribution in [0, 0.1) is 12.8 Å². The SMILES string of the molecule is Cc1c(O)cccc1[C@@H](N)C1CC1. The minimum absolute atomic E-state index is 0.118. The second-order valence-electron chi connectivity index (χ2n) is 3.85. The summed E-state index contributed by atoms with van der Waals surface area (Å²) in [5.74, 6) is 0.995. The average Bonchev–Trinajstić information content (AvgIpc) is 2.91. The van der Waals surface area contributed by atoms with E-state index in [4.69, 9.17) is 5.73 Å². The van der Waals surface area contributed by atoms with Crippen LogP contribution in [0.25, 0.3) is 0 Å². The number of aromatic hydroxyl groups is 1. The van der Waals surface area contributed by atoms with Gasteiger partial charge in [0.25, 0.3) is 0 Å². The smallest absolute Gasteiger partial charge is 0.118 e. The number of benzene rings is 1. The highest BCUT2D eigenvalue weighted by Gasteiger charge is 2.30. The predicted molar refractivity (Wildman–Crippen MR) is 52.5 cm³/mol. The molecule has 0 aliphatic heterocycles. The van der Waals surface area contributed by atoms with Crippen LogP contribution in [0.4, 0.5) is 0 Å². The zero-order valence-corrected chi connectivity index (χ0v) is 7.83. The summed E-state index contributed by atoms with van der Waals surface area (Å²) in [5.41, 5.74) is 8.09. The van der Waals surface area contributed by atoms with Crippen molar-refractivity contribution in [3.63, 3.8) is 0 Å². The van der Waals surface area contributed by atoms with Crippen molar-refractivity contribution in [2.24, 2.45) is 11.7 Å². The highest BCUT2D eigenvalue weighted by Crippen LogP contribution is 2.41. The zero-order valence-electron chi connectivity index (χ0n) is 7.83. The van der Waals surface area contributed by atoms with Crippen LogP contribution in [0.2, 0.25) is 0 Å². The Bertz CT molecular complexity index is 318. The molecule has 0 unspecified atom stereocenters. The first-order valence-electron chi connectivity index (χ1n) is 4.74. The van der Waals surface area contributed by atoms with E-state index in [9.17, 15) is 5.11 Å². The molecule has 0 bridgehead atoms. The monoisotopic (exact) mass is 177 g/mol. The van der Waals surface area contributed by atoms with Crippen molar-refractivity contribution in [1.29, 1.82) is 0 Å². The first kappa shape index (κ1) is 8.57. The molecule has 3 N–H and O–H groups in total. The number of nitrogens with two attached hydrogens (primary N) is 1. The summed E-state index contributed by atoms with van der Waals surface area (Å²) in [6.07, 6.45) is 2.46. The van der Waals surface area contributed by atoms with E-state index in [1.807, 2.05) is 19.1 Å². The first-order valence-corrected chi connectivity index (χ1v) is 4.74. The standard InChI is InChI=1S/C11H15NO/c1-7-9(3-2-4-10(7)13)11(12)8-5-6-8/h2-4,8,11,13H,5-6,12H2,1H3/t11-/m0/s1. The molecule has 2 rings (SSSR count). The molecule has 0 radical (unpaired) electrons. The Morgan fingerprint density at radius 1 is 1.46 bits per heavy atom. The molecule has 1 aliphatic rings. The van der Waals surface area contributed by atoms with Crippen LogP contribution in [-0.4, -0.2) is 5.11 Å². The third-order valence-corrected chi connectivity index (χ3v) is 2.84. The van der Waals surface area contributed by atoms with Gasteiger partial charge in [-0.2, -0.15) is 0 Å². The lowest BCUT2D eigenvalue weighted by molar-refractivity contribution is 0.468. The van der Waals surface area contributed by atoms with E-state index in [1.165, 1.54) is 12.8 Å². The molecule has 1 fully saturated rings. The Kier molecular flexibility index (Phi) is 2.00. The highest BCUT2D eigenvalue weighted by atomic mass is 16.3. The Morgan fingerprint density at radius 2 is 2.15 bits per heavy atom. The molecular weight excluding hydrogens is 162 g/mol. The molecule has 0 amide bonds. The van der Waals surface area contributed by atoms with Crippen LogP contribution in [-0.2, 0) is 0 Å². The fourth-order valence-electron chi connectivity index (χ4n) is 1.71. The molecule has 0 spiro atoms. The van der Waals surface area contributed by atoms with Crippen LogP contribution in [0.1, 0.15) is 30.0 Å². The minimum atomic E-state index is 0.118. The Labute approximate surface area is 78.4 Å². The van der Waals surface area contributed by atoms with Crippen molar-refractivity contribution in [2.75, 3.05) is 0 Å². The number of rotatable bonds is 2. The van der Waals surface area contributed by atoms with Gasteiger partial charge in [-0.3, -0.25) is 0 Å². The van der Waals surface area contributed by atoms with Crippen LogP contribution < -0.4 is 5.73 Å². The zero-order chi connectivity index (χ0) is 9.42. The molecule has 0 heterocycles. The van der Waals surface area contributed by atoms with Gasteiger partial charge in [0.15, 0.2) is 0 Å².